The van der Waals surface area contributed by atoms with Crippen LogP contribution in [-0.4, -0.2) is 6.16 Å². The Morgan fingerprint density at radius 1 is 0.733 bits per heavy atom. The van der Waals surface area contributed by atoms with Gasteiger partial charge in [-0.15, -0.1) is 0 Å². The number of hydrogen-bond acceptors (Lipinski definition) is 0. The van der Waals surface area contributed by atoms with Crippen LogP contribution >= 0.6 is 20.8 Å². The summed E-state index contributed by atoms with van der Waals surface area (Å²) in [6.07, 6.45) is 7.10. The van der Waals surface area contributed by atoms with Crippen molar-refractivity contribution in [3.8, 4) is 0 Å². The van der Waals surface area contributed by atoms with Gasteiger partial charge in [0.25, 0.3) is 0 Å². The first-order valence-electron chi connectivity index (χ1n) is 11.0. The minimum absolute atomic E-state index is 0.677. The number of allylic oxidation sites excluding steroid dienone is 2. The molecule has 0 aliphatic heterocycles. The summed E-state index contributed by atoms with van der Waals surface area (Å²) in [6.45, 7) is 6.79. The summed E-state index contributed by atoms with van der Waals surface area (Å²) in [5.74, 6) is 0.677. The van der Waals surface area contributed by atoms with Gasteiger partial charge in [-0.2, -0.15) is 0 Å². The minimum atomic E-state index is -2.76. The first-order chi connectivity index (χ1) is 14.4. The number of rotatable bonds is 9. The van der Waals surface area contributed by atoms with Gasteiger partial charge in [0.1, 0.15) is 0 Å². The van der Waals surface area contributed by atoms with Gasteiger partial charge in [0.15, 0.2) is 0 Å². The van der Waals surface area contributed by atoms with Crippen molar-refractivity contribution in [2.75, 3.05) is 6.16 Å². The quantitative estimate of drug-likeness (QED) is 0.218. The zero-order valence-electron chi connectivity index (χ0n) is 18.5. The maximum absolute atomic E-state index is 4.56. The van der Waals surface area contributed by atoms with Crippen molar-refractivity contribution < 1.29 is 0 Å². The van der Waals surface area contributed by atoms with Crippen LogP contribution < -0.4 is 15.9 Å². The molecule has 0 N–H and O–H groups in total. The molecule has 0 aliphatic rings. The number of hydrogen-bond donors (Lipinski definition) is 0. The molecule has 30 heavy (non-hydrogen) atoms. The standard InChI is InChI=1S/C28H34BrP/c1-24(2)14-13-15-25(3)22-23-30(29,26-16-7-4-8-17-26,27-18-9-5-10-19-27)28-20-11-6-12-21-28/h4-12,14,16-21,25H,13,15,22-23H2,1-3H3/t25-/m0/s1. The van der Waals surface area contributed by atoms with Gasteiger partial charge in [-0.25, -0.2) is 0 Å². The average Bonchev–Trinajstić information content (AvgIpc) is 2.79. The molecule has 0 fully saturated rings. The van der Waals surface area contributed by atoms with Crippen LogP contribution in [0.15, 0.2) is 103 Å². The van der Waals surface area contributed by atoms with Crippen molar-refractivity contribution in [1.29, 1.82) is 0 Å². The second-order valence-electron chi connectivity index (χ2n) is 8.67. The molecule has 0 saturated carbocycles. The molecular weight excluding hydrogens is 447 g/mol. The van der Waals surface area contributed by atoms with Gasteiger partial charge in [0, 0.05) is 0 Å². The van der Waals surface area contributed by atoms with Crippen molar-refractivity contribution in [1.82, 2.24) is 0 Å². The third-order valence-corrected chi connectivity index (χ3v) is 16.1. The first kappa shape index (κ1) is 23.0. The van der Waals surface area contributed by atoms with Crippen molar-refractivity contribution in [3.63, 3.8) is 0 Å². The summed E-state index contributed by atoms with van der Waals surface area (Å²) < 4.78 is 0. The fourth-order valence-electron chi connectivity index (χ4n) is 4.31. The normalized spacial score (nSPS) is 13.8. The van der Waals surface area contributed by atoms with E-state index in [9.17, 15) is 0 Å². The van der Waals surface area contributed by atoms with Crippen LogP contribution in [0.25, 0.3) is 0 Å². The topological polar surface area (TPSA) is 0 Å². The van der Waals surface area contributed by atoms with E-state index in [4.69, 9.17) is 0 Å². The molecule has 3 aromatic carbocycles. The predicted octanol–water partition coefficient (Wildman–Crippen LogP) is 7.60. The average molecular weight is 481 g/mol. The van der Waals surface area contributed by atoms with Crippen molar-refractivity contribution in [2.45, 2.75) is 40.0 Å². The van der Waals surface area contributed by atoms with Crippen molar-refractivity contribution in [2.24, 2.45) is 5.92 Å². The Balaban J connectivity index is 2.09. The van der Waals surface area contributed by atoms with Crippen LogP contribution in [0.5, 0.6) is 0 Å². The van der Waals surface area contributed by atoms with Crippen LogP contribution in [-0.2, 0) is 0 Å². The summed E-state index contributed by atoms with van der Waals surface area (Å²) in [7, 11) is 0. The van der Waals surface area contributed by atoms with E-state index in [0.29, 0.717) is 5.92 Å². The molecule has 3 aromatic rings. The second-order valence-corrected chi connectivity index (χ2v) is 17.7. The van der Waals surface area contributed by atoms with Gasteiger partial charge < -0.3 is 0 Å². The molecule has 0 heterocycles. The van der Waals surface area contributed by atoms with Crippen molar-refractivity contribution >= 4 is 36.7 Å². The van der Waals surface area contributed by atoms with Gasteiger partial charge >= 0.3 is 191 Å². The molecule has 0 spiro atoms. The molecule has 1 atom stereocenters. The zero-order valence-corrected chi connectivity index (χ0v) is 20.9. The summed E-state index contributed by atoms with van der Waals surface area (Å²) in [6, 6.07) is 33.4. The molecule has 158 valence electrons. The molecule has 3 rings (SSSR count). The van der Waals surface area contributed by atoms with Crippen LogP contribution in [0.1, 0.15) is 40.0 Å². The Bertz CT molecular complexity index is 844. The van der Waals surface area contributed by atoms with E-state index in [1.807, 2.05) is 0 Å². The van der Waals surface area contributed by atoms with Crippen molar-refractivity contribution in [3.05, 3.63) is 103 Å². The van der Waals surface area contributed by atoms with E-state index in [2.05, 4.69) is 133 Å². The van der Waals surface area contributed by atoms with Gasteiger partial charge in [0.2, 0.25) is 0 Å². The van der Waals surface area contributed by atoms with Crippen LogP contribution in [0.2, 0.25) is 0 Å². The molecule has 0 radical (unpaired) electrons. The van der Waals surface area contributed by atoms with Gasteiger partial charge in [-0.3, -0.25) is 0 Å². The third-order valence-electron chi connectivity index (χ3n) is 6.14. The molecule has 2 heteroatoms. The number of halogens is 1. The SMILES string of the molecule is CC(C)=CCC[C@H](C)CCP(Br)(c1ccccc1)(c1ccccc1)c1ccccc1. The van der Waals surface area contributed by atoms with Crippen LogP contribution in [0, 0.1) is 5.92 Å². The summed E-state index contributed by atoms with van der Waals surface area (Å²) in [4.78, 5) is 0. The van der Waals surface area contributed by atoms with Crippen LogP contribution in [0.4, 0.5) is 0 Å². The molecule has 0 amide bonds. The Kier molecular flexibility index (Phi) is 7.72. The Morgan fingerprint density at radius 2 is 1.13 bits per heavy atom. The van der Waals surface area contributed by atoms with E-state index >= 15 is 0 Å². The van der Waals surface area contributed by atoms with Gasteiger partial charge in [-0.1, -0.05) is 0 Å². The summed E-state index contributed by atoms with van der Waals surface area (Å²) in [5, 5.41) is 1.48. The van der Waals surface area contributed by atoms with Crippen LogP contribution in [0.3, 0.4) is 0 Å². The Morgan fingerprint density at radius 3 is 1.50 bits per heavy atom. The fraction of sp³-hybridized carbons (Fsp3) is 0.286. The zero-order chi connectivity index (χ0) is 21.5. The fourth-order valence-corrected chi connectivity index (χ4v) is 12.0. The molecular formula is C28H34BrP. The maximum atomic E-state index is 4.56. The Hall–Kier alpha value is -1.69. The molecule has 0 bridgehead atoms. The molecule has 0 nitrogen and oxygen atoms in total. The predicted molar refractivity (Wildman–Crippen MR) is 141 cm³/mol. The summed E-state index contributed by atoms with van der Waals surface area (Å²) in [5.41, 5.74) is 1.42. The summed E-state index contributed by atoms with van der Waals surface area (Å²) >= 11 is 4.56. The molecule has 0 aromatic heterocycles. The first-order valence-corrected chi connectivity index (χ1v) is 15.4. The second kappa shape index (κ2) is 10.1. The van der Waals surface area contributed by atoms with E-state index in [-0.39, 0.29) is 0 Å². The van der Waals surface area contributed by atoms with Gasteiger partial charge in [0.05, 0.1) is 0 Å². The molecule has 0 aliphatic carbocycles. The number of benzene rings is 3. The molecule has 0 unspecified atom stereocenters. The van der Waals surface area contributed by atoms with E-state index in [1.54, 1.807) is 0 Å². The van der Waals surface area contributed by atoms with E-state index in [0.717, 1.165) is 6.16 Å². The third kappa shape index (κ3) is 4.79. The van der Waals surface area contributed by atoms with E-state index < -0.39 is 5.31 Å². The Labute approximate surface area is 191 Å². The monoisotopic (exact) mass is 480 g/mol. The molecule has 0 saturated heterocycles. The van der Waals surface area contributed by atoms with E-state index in [1.165, 1.54) is 40.7 Å². The van der Waals surface area contributed by atoms with Gasteiger partial charge in [-0.05, 0) is 0 Å².